The Morgan fingerprint density at radius 3 is 1.97 bits per heavy atom. The molecule has 0 radical (unpaired) electrons. The summed E-state index contributed by atoms with van der Waals surface area (Å²) < 4.78 is 17.6. The fraction of sp³-hybridized carbons (Fsp3) is 0.778. The molecule has 2 aliphatic rings. The third-order valence-corrected chi connectivity index (χ3v) is 5.96. The van der Waals surface area contributed by atoms with Crippen molar-refractivity contribution in [2.75, 3.05) is 13.2 Å². The molecule has 16 heteroatoms. The van der Waals surface area contributed by atoms with Crippen molar-refractivity contribution in [3.8, 4) is 5.88 Å². The first-order chi connectivity index (χ1) is 15.5. The van der Waals surface area contributed by atoms with Gasteiger partial charge in [-0.3, -0.25) is 13.9 Å². The molecule has 3 rings (SSSR count). The molecular weight excluding hydrogens is 475 g/mol. The van der Waals surface area contributed by atoms with Crippen LogP contribution in [-0.4, -0.2) is 118 Å². The Balaban J connectivity index is 0.00000408. The van der Waals surface area contributed by atoms with Crippen molar-refractivity contribution in [2.24, 2.45) is 14.1 Å². The quantitative estimate of drug-likeness (QED) is 0.175. The van der Waals surface area contributed by atoms with Crippen molar-refractivity contribution in [3.05, 3.63) is 26.4 Å². The molecule has 8 N–H and O–H groups in total. The molecule has 0 spiro atoms. The van der Waals surface area contributed by atoms with Crippen LogP contribution in [0.5, 0.6) is 5.88 Å². The summed E-state index contributed by atoms with van der Waals surface area (Å²) in [6.45, 7) is -1.56. The van der Waals surface area contributed by atoms with Gasteiger partial charge in [0.25, 0.3) is 5.56 Å². The van der Waals surface area contributed by atoms with Crippen molar-refractivity contribution < 1.29 is 84.6 Å². The second-order valence-corrected chi connectivity index (χ2v) is 8.00. The van der Waals surface area contributed by atoms with Crippen LogP contribution in [0.4, 0.5) is 0 Å². The van der Waals surface area contributed by atoms with Crippen LogP contribution in [0.3, 0.4) is 0 Å². The van der Waals surface area contributed by atoms with E-state index in [4.69, 9.17) is 14.2 Å². The summed E-state index contributed by atoms with van der Waals surface area (Å²) in [5, 5.41) is 80.7. The molecule has 0 amide bonds. The Hall–Kier alpha value is -0.920. The first kappa shape index (κ1) is 29.3. The van der Waals surface area contributed by atoms with Crippen molar-refractivity contribution in [2.45, 2.75) is 61.2 Å². The van der Waals surface area contributed by atoms with Crippen LogP contribution in [-0.2, 0) is 28.3 Å². The minimum absolute atomic E-state index is 0. The molecular formula is C18H28N2NaO13+. The fourth-order valence-corrected chi connectivity index (χ4v) is 3.94. The number of nitrogens with zero attached hydrogens (tertiary/aromatic N) is 2. The summed E-state index contributed by atoms with van der Waals surface area (Å²) in [6.07, 6.45) is -16.8. The first-order valence-corrected chi connectivity index (χ1v) is 10.0. The standard InChI is InChI=1S/C18H28N2O13.Na/c1-19-15(28)7(16(29)20(2)18(19)30)14-11(26)10(25)13(6(4-22)31-14)33-17-12(27)9(24)8(23)5(3-21)32-17;/h5-6,8-14,17,21-28H,3-4H2,1-2H3;/q;+1/t5-,6-,8+,9+,10-,11-,12-,13-,14+,17-;/m1./s1. The van der Waals surface area contributed by atoms with E-state index in [1.165, 1.54) is 7.05 Å². The van der Waals surface area contributed by atoms with Crippen LogP contribution in [0.15, 0.2) is 9.59 Å². The van der Waals surface area contributed by atoms with Crippen LogP contribution in [0.1, 0.15) is 11.7 Å². The monoisotopic (exact) mass is 503 g/mol. The third kappa shape index (κ3) is 4.99. The van der Waals surface area contributed by atoms with Gasteiger partial charge >= 0.3 is 35.2 Å². The first-order valence-electron chi connectivity index (χ1n) is 10.0. The van der Waals surface area contributed by atoms with Gasteiger partial charge in [0.05, 0.1) is 13.2 Å². The summed E-state index contributed by atoms with van der Waals surface area (Å²) >= 11 is 0. The number of aromatic hydroxyl groups is 1. The number of rotatable bonds is 5. The predicted octanol–water partition coefficient (Wildman–Crippen LogP) is -8.87. The van der Waals surface area contributed by atoms with E-state index in [0.29, 0.717) is 4.57 Å². The van der Waals surface area contributed by atoms with E-state index in [1.54, 1.807) is 0 Å². The molecule has 188 valence electrons. The Bertz CT molecular complexity index is 966. The van der Waals surface area contributed by atoms with Crippen molar-refractivity contribution in [3.63, 3.8) is 0 Å². The number of hydrogen-bond acceptors (Lipinski definition) is 13. The maximum atomic E-state index is 12.6. The van der Waals surface area contributed by atoms with Crippen LogP contribution in [0.25, 0.3) is 0 Å². The Kier molecular flexibility index (Phi) is 9.85. The zero-order chi connectivity index (χ0) is 24.8. The summed E-state index contributed by atoms with van der Waals surface area (Å²) in [5.41, 5.74) is -2.40. The van der Waals surface area contributed by atoms with E-state index in [0.717, 1.165) is 11.6 Å². The summed E-state index contributed by atoms with van der Waals surface area (Å²) in [6, 6.07) is 0. The zero-order valence-electron chi connectivity index (χ0n) is 18.7. The van der Waals surface area contributed by atoms with Crippen LogP contribution in [0.2, 0.25) is 0 Å². The SMILES string of the molecule is Cn1c(O)c([C@@H]2O[C@H](CO)[C@@H](O[C@H]3O[C@H](CO)[C@H](O)[C@H](O)[C@H]3O)[C@H](O)[C@H]2O)c(=O)n(C)c1=O.[Na+]. The predicted molar refractivity (Wildman–Crippen MR) is 104 cm³/mol. The molecule has 0 saturated carbocycles. The van der Waals surface area contributed by atoms with Gasteiger partial charge < -0.3 is 55.1 Å². The molecule has 0 unspecified atom stereocenters. The van der Waals surface area contributed by atoms with Gasteiger partial charge in [-0.2, -0.15) is 0 Å². The molecule has 2 aliphatic heterocycles. The molecule has 0 aliphatic carbocycles. The van der Waals surface area contributed by atoms with Gasteiger partial charge in [-0.05, 0) is 0 Å². The molecule has 10 atom stereocenters. The van der Waals surface area contributed by atoms with Crippen molar-refractivity contribution in [1.29, 1.82) is 0 Å². The minimum Gasteiger partial charge on any atom is -0.494 e. The van der Waals surface area contributed by atoms with E-state index >= 15 is 0 Å². The largest absolute Gasteiger partial charge is 1.00 e. The molecule has 2 saturated heterocycles. The summed E-state index contributed by atoms with van der Waals surface area (Å²) in [5.74, 6) is -0.815. The van der Waals surface area contributed by atoms with Crippen LogP contribution >= 0.6 is 0 Å². The second kappa shape index (κ2) is 11.4. The fourth-order valence-electron chi connectivity index (χ4n) is 3.94. The van der Waals surface area contributed by atoms with E-state index < -0.39 is 97.1 Å². The smallest absolute Gasteiger partial charge is 0.494 e. The molecule has 15 nitrogen and oxygen atoms in total. The Morgan fingerprint density at radius 2 is 1.41 bits per heavy atom. The van der Waals surface area contributed by atoms with Crippen LogP contribution in [0, 0.1) is 0 Å². The van der Waals surface area contributed by atoms with E-state index in [9.17, 15) is 50.4 Å². The molecule has 2 fully saturated rings. The molecule has 0 aromatic carbocycles. The third-order valence-electron chi connectivity index (χ3n) is 5.96. The maximum absolute atomic E-state index is 12.6. The Morgan fingerprint density at radius 1 is 0.824 bits per heavy atom. The Labute approximate surface area is 214 Å². The van der Waals surface area contributed by atoms with Gasteiger partial charge in [0.2, 0.25) is 5.88 Å². The number of ether oxygens (including phenoxy) is 3. The number of aliphatic hydroxyl groups is 7. The van der Waals surface area contributed by atoms with Gasteiger partial charge in [0.1, 0.15) is 60.5 Å². The molecule has 0 bridgehead atoms. The second-order valence-electron chi connectivity index (χ2n) is 8.00. The minimum atomic E-state index is -1.92. The summed E-state index contributed by atoms with van der Waals surface area (Å²) in [4.78, 5) is 24.6. The molecule has 3 heterocycles. The zero-order valence-corrected chi connectivity index (χ0v) is 20.7. The molecule has 1 aromatic rings. The maximum Gasteiger partial charge on any atom is 1.00 e. The van der Waals surface area contributed by atoms with E-state index in [2.05, 4.69) is 0 Å². The van der Waals surface area contributed by atoms with Gasteiger partial charge in [-0.1, -0.05) is 0 Å². The van der Waals surface area contributed by atoms with Gasteiger partial charge in [0.15, 0.2) is 6.29 Å². The number of aromatic nitrogens is 2. The van der Waals surface area contributed by atoms with Gasteiger partial charge in [-0.25, -0.2) is 4.79 Å². The average Bonchev–Trinajstić information content (AvgIpc) is 2.80. The topological polar surface area (TPSA) is 234 Å². The van der Waals surface area contributed by atoms with Crippen molar-refractivity contribution in [1.82, 2.24) is 9.13 Å². The average molecular weight is 503 g/mol. The van der Waals surface area contributed by atoms with E-state index in [1.807, 2.05) is 0 Å². The summed E-state index contributed by atoms with van der Waals surface area (Å²) in [7, 11) is 2.30. The number of aliphatic hydroxyl groups excluding tert-OH is 7. The van der Waals surface area contributed by atoms with E-state index in [-0.39, 0.29) is 29.6 Å². The normalized spacial score (nSPS) is 38.4. The van der Waals surface area contributed by atoms with Crippen molar-refractivity contribution >= 4 is 0 Å². The van der Waals surface area contributed by atoms with Gasteiger partial charge in [-0.15, -0.1) is 0 Å². The molecule has 34 heavy (non-hydrogen) atoms. The van der Waals surface area contributed by atoms with Crippen LogP contribution < -0.4 is 40.8 Å². The number of hydrogen-bond donors (Lipinski definition) is 8. The molecule has 1 aromatic heterocycles. The van der Waals surface area contributed by atoms with Gasteiger partial charge in [0, 0.05) is 14.1 Å².